The van der Waals surface area contributed by atoms with Crippen LogP contribution in [0.5, 0.6) is 0 Å². The molecule has 0 amide bonds. The first-order valence-electron chi connectivity index (χ1n) is 4.71. The van der Waals surface area contributed by atoms with E-state index in [1.165, 1.54) is 11.3 Å². The summed E-state index contributed by atoms with van der Waals surface area (Å²) in [5.74, 6) is 0.669. The Hall–Kier alpha value is -1.95. The van der Waals surface area contributed by atoms with Crippen LogP contribution in [0.2, 0.25) is 0 Å². The molecule has 0 aliphatic rings. The molecule has 6 heteroatoms. The van der Waals surface area contributed by atoms with Crippen molar-refractivity contribution in [2.75, 3.05) is 0 Å². The Morgan fingerprint density at radius 1 is 1.50 bits per heavy atom. The normalized spacial score (nSPS) is 11.1. The first-order chi connectivity index (χ1) is 7.79. The standard InChI is InChI=1S/C10H8N4OS/c1-6-8(3-15)13-10-12-7(2-14(6)10)9-4-16-5-11-9/h2-5H,1H3,(H,12,13). The average molecular weight is 232 g/mol. The Morgan fingerprint density at radius 3 is 3.00 bits per heavy atom. The highest BCUT2D eigenvalue weighted by Gasteiger charge is 2.11. The van der Waals surface area contributed by atoms with E-state index in [1.807, 2.05) is 22.9 Å². The Labute approximate surface area is 94.8 Å². The number of hydrogen-bond donors (Lipinski definition) is 1. The molecule has 0 fully saturated rings. The number of aryl methyl sites for hydroxylation is 1. The second-order valence-corrected chi connectivity index (χ2v) is 4.15. The Kier molecular flexibility index (Phi) is 1.90. The fourth-order valence-electron chi connectivity index (χ4n) is 1.64. The molecule has 0 aromatic carbocycles. The molecular formula is C10H8N4OS. The van der Waals surface area contributed by atoms with Gasteiger partial charge in [-0.1, -0.05) is 0 Å². The number of imidazole rings is 2. The molecule has 3 aromatic heterocycles. The van der Waals surface area contributed by atoms with Gasteiger partial charge in [0.1, 0.15) is 17.1 Å². The number of aromatic amines is 1. The second kappa shape index (κ2) is 3.28. The van der Waals surface area contributed by atoms with Gasteiger partial charge in [0.25, 0.3) is 0 Å². The topological polar surface area (TPSA) is 63.0 Å². The maximum atomic E-state index is 10.7. The molecule has 0 aliphatic carbocycles. The predicted octanol–water partition coefficient (Wildman–Crippen LogP) is 1.91. The minimum Gasteiger partial charge on any atom is -0.321 e. The third kappa shape index (κ3) is 1.20. The smallest absolute Gasteiger partial charge is 0.212 e. The molecular weight excluding hydrogens is 224 g/mol. The Balaban J connectivity index is 2.22. The summed E-state index contributed by atoms with van der Waals surface area (Å²) in [6, 6.07) is 0. The Morgan fingerprint density at radius 2 is 2.38 bits per heavy atom. The third-order valence-corrected chi connectivity index (χ3v) is 3.10. The van der Waals surface area contributed by atoms with Crippen molar-refractivity contribution < 1.29 is 4.79 Å². The lowest BCUT2D eigenvalue weighted by Crippen LogP contribution is -1.86. The van der Waals surface area contributed by atoms with E-state index >= 15 is 0 Å². The molecule has 0 unspecified atom stereocenters. The van der Waals surface area contributed by atoms with E-state index in [2.05, 4.69) is 15.0 Å². The molecule has 3 heterocycles. The SMILES string of the molecule is Cc1c(C=O)[nH]c2nc(-c3cscn3)cn12. The van der Waals surface area contributed by atoms with E-state index in [4.69, 9.17) is 0 Å². The minimum atomic E-state index is 0.562. The van der Waals surface area contributed by atoms with Crippen molar-refractivity contribution in [1.82, 2.24) is 19.4 Å². The zero-order valence-electron chi connectivity index (χ0n) is 8.47. The minimum absolute atomic E-state index is 0.562. The fraction of sp³-hybridized carbons (Fsp3) is 0.100. The molecule has 1 N–H and O–H groups in total. The maximum absolute atomic E-state index is 10.7. The highest BCUT2D eigenvalue weighted by molar-refractivity contribution is 7.07. The summed E-state index contributed by atoms with van der Waals surface area (Å²) in [5.41, 5.74) is 4.86. The van der Waals surface area contributed by atoms with E-state index in [0.717, 1.165) is 23.4 Å². The summed E-state index contributed by atoms with van der Waals surface area (Å²) in [7, 11) is 0. The monoisotopic (exact) mass is 232 g/mol. The van der Waals surface area contributed by atoms with Gasteiger partial charge in [0.15, 0.2) is 6.29 Å². The first-order valence-corrected chi connectivity index (χ1v) is 5.65. The highest BCUT2D eigenvalue weighted by Crippen LogP contribution is 2.20. The van der Waals surface area contributed by atoms with E-state index < -0.39 is 0 Å². The van der Waals surface area contributed by atoms with Crippen LogP contribution in [-0.2, 0) is 0 Å². The molecule has 5 nitrogen and oxygen atoms in total. The molecule has 0 atom stereocenters. The molecule has 0 aliphatic heterocycles. The maximum Gasteiger partial charge on any atom is 0.212 e. The summed E-state index contributed by atoms with van der Waals surface area (Å²) in [4.78, 5) is 22.3. The number of H-pyrrole nitrogens is 1. The molecule has 0 bridgehead atoms. The van der Waals surface area contributed by atoms with Gasteiger partial charge < -0.3 is 4.98 Å². The second-order valence-electron chi connectivity index (χ2n) is 3.44. The summed E-state index contributed by atoms with van der Waals surface area (Å²) in [6.07, 6.45) is 2.68. The van der Waals surface area contributed by atoms with Gasteiger partial charge in [-0.25, -0.2) is 9.97 Å². The van der Waals surface area contributed by atoms with E-state index in [-0.39, 0.29) is 0 Å². The van der Waals surface area contributed by atoms with E-state index in [1.54, 1.807) is 5.51 Å². The van der Waals surface area contributed by atoms with Gasteiger partial charge in [0.2, 0.25) is 5.78 Å². The third-order valence-electron chi connectivity index (χ3n) is 2.52. The number of rotatable bonds is 2. The number of aromatic nitrogens is 4. The van der Waals surface area contributed by atoms with Gasteiger partial charge in [-0.15, -0.1) is 11.3 Å². The van der Waals surface area contributed by atoms with Crippen LogP contribution in [0, 0.1) is 6.92 Å². The van der Waals surface area contributed by atoms with Crippen LogP contribution in [0.4, 0.5) is 0 Å². The van der Waals surface area contributed by atoms with Crippen LogP contribution in [-0.4, -0.2) is 25.6 Å². The number of carbonyl (C=O) groups excluding carboxylic acids is 1. The number of thiazole rings is 1. The molecule has 3 aromatic rings. The number of nitrogens with zero attached hydrogens (tertiary/aromatic N) is 3. The molecule has 16 heavy (non-hydrogen) atoms. The van der Waals surface area contributed by atoms with Crippen molar-refractivity contribution in [3.8, 4) is 11.4 Å². The van der Waals surface area contributed by atoms with Crippen molar-refractivity contribution in [3.63, 3.8) is 0 Å². The molecule has 0 radical (unpaired) electrons. The fourth-order valence-corrected chi connectivity index (χ4v) is 2.19. The highest BCUT2D eigenvalue weighted by atomic mass is 32.1. The predicted molar refractivity (Wildman–Crippen MR) is 60.8 cm³/mol. The van der Waals surface area contributed by atoms with Crippen molar-refractivity contribution in [2.24, 2.45) is 0 Å². The molecule has 80 valence electrons. The quantitative estimate of drug-likeness (QED) is 0.686. The van der Waals surface area contributed by atoms with Gasteiger partial charge in [-0.2, -0.15) is 0 Å². The van der Waals surface area contributed by atoms with Gasteiger partial charge in [-0.3, -0.25) is 9.20 Å². The number of fused-ring (bicyclic) bond motifs is 1. The van der Waals surface area contributed by atoms with Crippen LogP contribution in [0.25, 0.3) is 17.2 Å². The number of nitrogens with one attached hydrogen (secondary N) is 1. The van der Waals surface area contributed by atoms with Gasteiger partial charge in [-0.05, 0) is 6.92 Å². The number of aldehydes is 1. The number of hydrogen-bond acceptors (Lipinski definition) is 4. The van der Waals surface area contributed by atoms with E-state index in [0.29, 0.717) is 11.5 Å². The zero-order valence-corrected chi connectivity index (χ0v) is 9.28. The lowest BCUT2D eigenvalue weighted by molar-refractivity contribution is 0.111. The summed E-state index contributed by atoms with van der Waals surface area (Å²) in [5, 5.41) is 1.94. The largest absolute Gasteiger partial charge is 0.321 e. The van der Waals surface area contributed by atoms with Crippen LogP contribution in [0.3, 0.4) is 0 Å². The van der Waals surface area contributed by atoms with E-state index in [9.17, 15) is 4.79 Å². The molecule has 0 saturated carbocycles. The lowest BCUT2D eigenvalue weighted by Gasteiger charge is -1.89. The van der Waals surface area contributed by atoms with Gasteiger partial charge >= 0.3 is 0 Å². The molecule has 3 rings (SSSR count). The van der Waals surface area contributed by atoms with Crippen molar-refractivity contribution in [1.29, 1.82) is 0 Å². The summed E-state index contributed by atoms with van der Waals surface area (Å²) in [6.45, 7) is 1.87. The van der Waals surface area contributed by atoms with Gasteiger partial charge in [0.05, 0.1) is 5.51 Å². The van der Waals surface area contributed by atoms with Crippen LogP contribution in [0.15, 0.2) is 17.1 Å². The first kappa shape index (κ1) is 9.29. The zero-order chi connectivity index (χ0) is 11.1. The van der Waals surface area contributed by atoms with Crippen LogP contribution >= 0.6 is 11.3 Å². The number of carbonyl (C=O) groups is 1. The summed E-state index contributed by atoms with van der Waals surface area (Å²) < 4.78 is 1.86. The Bertz CT molecular complexity index is 650. The van der Waals surface area contributed by atoms with Crippen LogP contribution < -0.4 is 0 Å². The molecule has 0 saturated heterocycles. The average Bonchev–Trinajstić information content (AvgIpc) is 2.95. The van der Waals surface area contributed by atoms with Gasteiger partial charge in [0, 0.05) is 17.3 Å². The lowest BCUT2D eigenvalue weighted by atomic mass is 10.3. The molecule has 0 spiro atoms. The van der Waals surface area contributed by atoms with Crippen molar-refractivity contribution in [2.45, 2.75) is 6.92 Å². The summed E-state index contributed by atoms with van der Waals surface area (Å²) >= 11 is 1.53. The van der Waals surface area contributed by atoms with Crippen LogP contribution in [0.1, 0.15) is 16.2 Å². The van der Waals surface area contributed by atoms with Crippen molar-refractivity contribution in [3.05, 3.63) is 28.5 Å². The van der Waals surface area contributed by atoms with Crippen molar-refractivity contribution >= 4 is 23.4 Å².